The third-order valence-corrected chi connectivity index (χ3v) is 3.66. The first-order chi connectivity index (χ1) is 8.34. The zero-order valence-corrected chi connectivity index (χ0v) is 10.6. The van der Waals surface area contributed by atoms with Crippen LogP contribution in [0.5, 0.6) is 0 Å². The molecule has 1 aromatic carbocycles. The number of carboxylic acids is 1. The quantitative estimate of drug-likeness (QED) is 0.814. The first-order valence-corrected chi connectivity index (χ1v) is 6.96. The van der Waals surface area contributed by atoms with E-state index in [0.717, 1.165) is 12.1 Å². The smallest absolute Gasteiger partial charge is 0.321 e. The molecule has 18 heavy (non-hydrogen) atoms. The summed E-state index contributed by atoms with van der Waals surface area (Å²) < 4.78 is 38.1. The van der Waals surface area contributed by atoms with Gasteiger partial charge in [-0.05, 0) is 24.1 Å². The number of halogens is 1. The van der Waals surface area contributed by atoms with E-state index in [4.69, 9.17) is 5.11 Å². The number of carbonyl (C=O) groups is 1. The van der Waals surface area contributed by atoms with Crippen molar-refractivity contribution in [2.75, 3.05) is 0 Å². The van der Waals surface area contributed by atoms with Gasteiger partial charge in [-0.2, -0.15) is 0 Å². The molecular formula is C11H14FNO4S. The van der Waals surface area contributed by atoms with Crippen LogP contribution in [0.1, 0.15) is 18.9 Å². The van der Waals surface area contributed by atoms with Crippen molar-refractivity contribution >= 4 is 16.0 Å². The molecular weight excluding hydrogens is 261 g/mol. The van der Waals surface area contributed by atoms with Gasteiger partial charge in [-0.1, -0.05) is 19.1 Å². The van der Waals surface area contributed by atoms with Crippen LogP contribution in [-0.2, 0) is 20.6 Å². The van der Waals surface area contributed by atoms with Crippen molar-refractivity contribution in [1.82, 2.24) is 4.72 Å². The second-order valence-corrected chi connectivity index (χ2v) is 5.56. The summed E-state index contributed by atoms with van der Waals surface area (Å²) >= 11 is 0. The highest BCUT2D eigenvalue weighted by Crippen LogP contribution is 2.07. The number of rotatable bonds is 6. The molecule has 5 nitrogen and oxygen atoms in total. The predicted molar refractivity (Wildman–Crippen MR) is 63.9 cm³/mol. The van der Waals surface area contributed by atoms with Crippen molar-refractivity contribution in [1.29, 1.82) is 0 Å². The molecule has 0 bridgehead atoms. The number of aliphatic carboxylic acids is 1. The molecule has 0 fully saturated rings. The van der Waals surface area contributed by atoms with Gasteiger partial charge < -0.3 is 5.11 Å². The number of hydrogen-bond donors (Lipinski definition) is 2. The average Bonchev–Trinajstić information content (AvgIpc) is 2.28. The fourth-order valence-electron chi connectivity index (χ4n) is 1.37. The number of benzene rings is 1. The molecule has 0 aliphatic carbocycles. The van der Waals surface area contributed by atoms with Gasteiger partial charge in [-0.3, -0.25) is 4.79 Å². The summed E-state index contributed by atoms with van der Waals surface area (Å²) in [6, 6.07) is 3.85. The summed E-state index contributed by atoms with van der Waals surface area (Å²) in [5.74, 6) is -2.06. The lowest BCUT2D eigenvalue weighted by molar-refractivity contribution is -0.139. The van der Waals surface area contributed by atoms with Crippen molar-refractivity contribution in [2.24, 2.45) is 0 Å². The Kier molecular flexibility index (Phi) is 4.80. The molecule has 0 saturated heterocycles. The van der Waals surface area contributed by atoms with Crippen molar-refractivity contribution in [3.8, 4) is 0 Å². The Bertz CT molecular complexity index is 512. The Balaban J connectivity index is 2.76. The van der Waals surface area contributed by atoms with E-state index in [9.17, 15) is 17.6 Å². The van der Waals surface area contributed by atoms with Crippen molar-refractivity contribution < 1.29 is 22.7 Å². The van der Waals surface area contributed by atoms with Crippen LogP contribution in [0, 0.1) is 5.82 Å². The molecule has 0 saturated carbocycles. The van der Waals surface area contributed by atoms with Crippen LogP contribution in [0.15, 0.2) is 24.3 Å². The number of carboxylic acid groups (broad SMARTS) is 1. The van der Waals surface area contributed by atoms with E-state index < -0.39 is 27.9 Å². The normalized spacial score (nSPS) is 13.2. The molecule has 1 rings (SSSR count). The SMILES string of the molecule is CC[C@H](NS(=O)(=O)Cc1ccc(F)cc1)C(=O)O. The Morgan fingerprint density at radius 3 is 2.39 bits per heavy atom. The van der Waals surface area contributed by atoms with Gasteiger partial charge in [0.1, 0.15) is 11.9 Å². The summed E-state index contributed by atoms with van der Waals surface area (Å²) in [5.41, 5.74) is 0.393. The van der Waals surface area contributed by atoms with Gasteiger partial charge in [0.05, 0.1) is 5.75 Å². The highest BCUT2D eigenvalue weighted by atomic mass is 32.2. The molecule has 0 unspecified atom stereocenters. The van der Waals surface area contributed by atoms with Crippen LogP contribution < -0.4 is 4.72 Å². The summed E-state index contributed by atoms with van der Waals surface area (Å²) in [6.07, 6.45) is 0.151. The van der Waals surface area contributed by atoms with Crippen LogP contribution in [0.3, 0.4) is 0 Å². The fraction of sp³-hybridized carbons (Fsp3) is 0.364. The van der Waals surface area contributed by atoms with Crippen LogP contribution in [0.2, 0.25) is 0 Å². The molecule has 1 aromatic rings. The lowest BCUT2D eigenvalue weighted by atomic mass is 10.2. The zero-order valence-electron chi connectivity index (χ0n) is 9.76. The molecule has 2 N–H and O–H groups in total. The molecule has 0 aromatic heterocycles. The number of hydrogen-bond acceptors (Lipinski definition) is 3. The Morgan fingerprint density at radius 1 is 1.39 bits per heavy atom. The maximum atomic E-state index is 12.6. The predicted octanol–water partition coefficient (Wildman–Crippen LogP) is 1.11. The van der Waals surface area contributed by atoms with Crippen molar-refractivity contribution in [2.45, 2.75) is 25.1 Å². The molecule has 7 heteroatoms. The molecule has 0 spiro atoms. The van der Waals surface area contributed by atoms with Crippen molar-refractivity contribution in [3.63, 3.8) is 0 Å². The van der Waals surface area contributed by atoms with E-state index in [1.54, 1.807) is 6.92 Å². The molecule has 0 heterocycles. The summed E-state index contributed by atoms with van der Waals surface area (Å²) in [6.45, 7) is 1.57. The van der Waals surface area contributed by atoms with Crippen LogP contribution in [0.25, 0.3) is 0 Å². The maximum absolute atomic E-state index is 12.6. The van der Waals surface area contributed by atoms with E-state index in [1.165, 1.54) is 12.1 Å². The lowest BCUT2D eigenvalue weighted by Crippen LogP contribution is -2.40. The fourth-order valence-corrected chi connectivity index (χ4v) is 2.78. The molecule has 0 aliphatic rings. The standard InChI is InChI=1S/C11H14FNO4S/c1-2-10(11(14)15)13-18(16,17)7-8-3-5-9(12)6-4-8/h3-6,10,13H,2,7H2,1H3,(H,14,15)/t10-/m0/s1. The summed E-state index contributed by atoms with van der Waals surface area (Å²) in [7, 11) is -3.76. The average molecular weight is 275 g/mol. The Morgan fingerprint density at radius 2 is 1.94 bits per heavy atom. The first-order valence-electron chi connectivity index (χ1n) is 5.31. The van der Waals surface area contributed by atoms with E-state index >= 15 is 0 Å². The van der Waals surface area contributed by atoms with Gasteiger partial charge in [0.2, 0.25) is 10.0 Å². The van der Waals surface area contributed by atoms with E-state index in [2.05, 4.69) is 4.72 Å². The Labute approximate surface area is 105 Å². The minimum atomic E-state index is -3.76. The third-order valence-electron chi connectivity index (χ3n) is 2.30. The molecule has 1 atom stereocenters. The van der Waals surface area contributed by atoms with Gasteiger partial charge in [0.25, 0.3) is 0 Å². The van der Waals surface area contributed by atoms with Gasteiger partial charge in [0, 0.05) is 0 Å². The Hall–Kier alpha value is -1.47. The van der Waals surface area contributed by atoms with Crippen LogP contribution in [-0.4, -0.2) is 25.5 Å². The highest BCUT2D eigenvalue weighted by Gasteiger charge is 2.22. The summed E-state index contributed by atoms with van der Waals surface area (Å²) in [5, 5.41) is 8.76. The molecule has 0 radical (unpaired) electrons. The third kappa shape index (κ3) is 4.42. The molecule has 0 amide bonds. The second-order valence-electron chi connectivity index (χ2n) is 3.80. The number of sulfonamides is 1. The van der Waals surface area contributed by atoms with E-state index in [0.29, 0.717) is 5.56 Å². The van der Waals surface area contributed by atoms with Gasteiger partial charge in [0.15, 0.2) is 0 Å². The van der Waals surface area contributed by atoms with Crippen LogP contribution in [0.4, 0.5) is 4.39 Å². The van der Waals surface area contributed by atoms with Gasteiger partial charge in [-0.25, -0.2) is 17.5 Å². The minimum Gasteiger partial charge on any atom is -0.480 e. The second kappa shape index (κ2) is 5.92. The van der Waals surface area contributed by atoms with E-state index in [-0.39, 0.29) is 12.2 Å². The topological polar surface area (TPSA) is 83.5 Å². The lowest BCUT2D eigenvalue weighted by Gasteiger charge is -2.12. The molecule has 100 valence electrons. The zero-order chi connectivity index (χ0) is 13.8. The highest BCUT2D eigenvalue weighted by molar-refractivity contribution is 7.88. The monoisotopic (exact) mass is 275 g/mol. The van der Waals surface area contributed by atoms with Gasteiger partial charge >= 0.3 is 5.97 Å². The first kappa shape index (κ1) is 14.6. The largest absolute Gasteiger partial charge is 0.480 e. The maximum Gasteiger partial charge on any atom is 0.321 e. The number of nitrogens with one attached hydrogen (secondary N) is 1. The minimum absolute atomic E-state index is 0.151. The molecule has 0 aliphatic heterocycles. The van der Waals surface area contributed by atoms with Gasteiger partial charge in [-0.15, -0.1) is 0 Å². The van der Waals surface area contributed by atoms with E-state index in [1.807, 2.05) is 0 Å². The van der Waals surface area contributed by atoms with Crippen LogP contribution >= 0.6 is 0 Å². The summed E-state index contributed by atoms with van der Waals surface area (Å²) in [4.78, 5) is 10.7. The van der Waals surface area contributed by atoms with Crippen molar-refractivity contribution in [3.05, 3.63) is 35.6 Å².